The molecule has 156 valence electrons. The number of nitrogens with one attached hydrogen (secondary N) is 1. The molecule has 3 aromatic rings. The summed E-state index contributed by atoms with van der Waals surface area (Å²) in [4.78, 5) is 19.8. The Hall–Kier alpha value is -2.93. The fourth-order valence-electron chi connectivity index (χ4n) is 5.26. The number of rotatable bonds is 5. The average Bonchev–Trinajstić information content (AvgIpc) is 3.46. The second-order valence-electron chi connectivity index (χ2n) is 8.66. The van der Waals surface area contributed by atoms with Crippen LogP contribution in [0.3, 0.4) is 0 Å². The van der Waals surface area contributed by atoms with Gasteiger partial charge in [0.25, 0.3) is 5.91 Å². The van der Waals surface area contributed by atoms with E-state index in [-0.39, 0.29) is 17.4 Å². The van der Waals surface area contributed by atoms with E-state index in [0.29, 0.717) is 29.0 Å². The van der Waals surface area contributed by atoms with Gasteiger partial charge in [-0.05, 0) is 44.2 Å². The standard InChI is InChI=1S/C23H26N4O3/c1-15-20(8-9-29-15)21(28)25-19-10-18-13-27(12-17-6-4-3-5-7-17)14-23(18,11-19)22-24-16(2)26-30-22/h3-9,18-19H,10-14H2,1-2H3,(H,25,28). The lowest BCUT2D eigenvalue weighted by molar-refractivity contribution is 0.0932. The van der Waals surface area contributed by atoms with Gasteiger partial charge in [-0.25, -0.2) is 0 Å². The van der Waals surface area contributed by atoms with Gasteiger partial charge in [0.05, 0.1) is 17.2 Å². The van der Waals surface area contributed by atoms with Crippen molar-refractivity contribution in [3.8, 4) is 0 Å². The third-order valence-corrected chi connectivity index (χ3v) is 6.59. The maximum absolute atomic E-state index is 12.7. The van der Waals surface area contributed by atoms with Crippen LogP contribution in [-0.4, -0.2) is 40.1 Å². The number of hydrogen-bond acceptors (Lipinski definition) is 6. The van der Waals surface area contributed by atoms with Crippen molar-refractivity contribution in [1.29, 1.82) is 0 Å². The third kappa shape index (κ3) is 3.33. The van der Waals surface area contributed by atoms with Crippen LogP contribution >= 0.6 is 0 Å². The Bertz CT molecular complexity index is 1040. The molecule has 1 aliphatic heterocycles. The molecular weight excluding hydrogens is 380 g/mol. The summed E-state index contributed by atoms with van der Waals surface area (Å²) in [5, 5.41) is 7.27. The smallest absolute Gasteiger partial charge is 0.255 e. The van der Waals surface area contributed by atoms with Crippen molar-refractivity contribution in [1.82, 2.24) is 20.4 Å². The number of aromatic nitrogens is 2. The van der Waals surface area contributed by atoms with Crippen LogP contribution in [0.5, 0.6) is 0 Å². The average molecular weight is 406 g/mol. The van der Waals surface area contributed by atoms with Crippen molar-refractivity contribution in [2.24, 2.45) is 5.92 Å². The molecule has 1 saturated carbocycles. The molecule has 2 aromatic heterocycles. The van der Waals surface area contributed by atoms with Crippen LogP contribution in [0, 0.1) is 19.8 Å². The number of carbonyl (C=O) groups is 1. The highest BCUT2D eigenvalue weighted by molar-refractivity contribution is 5.95. The van der Waals surface area contributed by atoms with E-state index >= 15 is 0 Å². The molecule has 1 saturated heterocycles. The first-order valence-electron chi connectivity index (χ1n) is 10.5. The maximum atomic E-state index is 12.7. The number of furan rings is 1. The molecule has 5 rings (SSSR count). The highest BCUT2D eigenvalue weighted by Gasteiger charge is 2.57. The molecular formula is C23H26N4O3. The molecule has 1 aliphatic carbocycles. The van der Waals surface area contributed by atoms with Crippen LogP contribution < -0.4 is 5.32 Å². The summed E-state index contributed by atoms with van der Waals surface area (Å²) in [6.45, 7) is 6.36. The predicted molar refractivity (Wildman–Crippen MR) is 110 cm³/mol. The number of carbonyl (C=O) groups excluding carboxylic acids is 1. The molecule has 0 radical (unpaired) electrons. The van der Waals surface area contributed by atoms with Gasteiger partial charge >= 0.3 is 0 Å². The van der Waals surface area contributed by atoms with E-state index in [0.717, 1.165) is 32.5 Å². The summed E-state index contributed by atoms with van der Waals surface area (Å²) in [6.07, 6.45) is 3.25. The summed E-state index contributed by atoms with van der Waals surface area (Å²) >= 11 is 0. The van der Waals surface area contributed by atoms with E-state index in [4.69, 9.17) is 8.94 Å². The summed E-state index contributed by atoms with van der Waals surface area (Å²) in [6, 6.07) is 12.3. The molecule has 30 heavy (non-hydrogen) atoms. The second kappa shape index (κ2) is 7.40. The van der Waals surface area contributed by atoms with E-state index in [2.05, 4.69) is 44.6 Å². The molecule has 7 heteroatoms. The molecule has 0 bridgehead atoms. The van der Waals surface area contributed by atoms with Crippen molar-refractivity contribution in [2.75, 3.05) is 13.1 Å². The van der Waals surface area contributed by atoms with Gasteiger partial charge < -0.3 is 14.3 Å². The number of aryl methyl sites for hydroxylation is 2. The van der Waals surface area contributed by atoms with Crippen molar-refractivity contribution in [2.45, 2.75) is 44.7 Å². The fraction of sp³-hybridized carbons (Fsp3) is 0.435. The van der Waals surface area contributed by atoms with Gasteiger partial charge in [-0.1, -0.05) is 35.5 Å². The topological polar surface area (TPSA) is 84.4 Å². The minimum absolute atomic E-state index is 0.0721. The van der Waals surface area contributed by atoms with Crippen LogP contribution in [0.15, 0.2) is 51.6 Å². The Balaban J connectivity index is 1.36. The van der Waals surface area contributed by atoms with Gasteiger partial charge in [0.1, 0.15) is 5.76 Å². The molecule has 7 nitrogen and oxygen atoms in total. The number of amides is 1. The first-order chi connectivity index (χ1) is 14.5. The Morgan fingerprint density at radius 1 is 1.27 bits per heavy atom. The normalized spacial score (nSPS) is 26.1. The molecule has 1 aromatic carbocycles. The molecule has 2 aliphatic rings. The maximum Gasteiger partial charge on any atom is 0.255 e. The summed E-state index contributed by atoms with van der Waals surface area (Å²) in [5.74, 6) is 2.28. The largest absolute Gasteiger partial charge is 0.469 e. The fourth-order valence-corrected chi connectivity index (χ4v) is 5.26. The first kappa shape index (κ1) is 19.1. The first-order valence-corrected chi connectivity index (χ1v) is 10.5. The summed E-state index contributed by atoms with van der Waals surface area (Å²) < 4.78 is 11.0. The highest BCUT2D eigenvalue weighted by Crippen LogP contribution is 2.50. The zero-order valence-electron chi connectivity index (χ0n) is 17.3. The molecule has 3 unspecified atom stereocenters. The molecule has 3 atom stereocenters. The number of nitrogens with zero attached hydrogens (tertiary/aromatic N) is 3. The Morgan fingerprint density at radius 3 is 2.80 bits per heavy atom. The number of benzene rings is 1. The summed E-state index contributed by atoms with van der Waals surface area (Å²) in [5.41, 5.74) is 1.68. The Labute approximate surface area is 175 Å². The van der Waals surface area contributed by atoms with Gasteiger partial charge in [0.2, 0.25) is 5.89 Å². The highest BCUT2D eigenvalue weighted by atomic mass is 16.5. The monoisotopic (exact) mass is 406 g/mol. The van der Waals surface area contributed by atoms with E-state index in [1.54, 1.807) is 12.3 Å². The van der Waals surface area contributed by atoms with Gasteiger partial charge in [0, 0.05) is 25.7 Å². The number of fused-ring (bicyclic) bond motifs is 1. The molecule has 2 fully saturated rings. The van der Waals surface area contributed by atoms with Crippen molar-refractivity contribution >= 4 is 5.91 Å². The van der Waals surface area contributed by atoms with Crippen LogP contribution in [0.2, 0.25) is 0 Å². The molecule has 3 heterocycles. The van der Waals surface area contributed by atoms with Gasteiger partial charge in [-0.3, -0.25) is 9.69 Å². The third-order valence-electron chi connectivity index (χ3n) is 6.59. The van der Waals surface area contributed by atoms with E-state index in [9.17, 15) is 4.79 Å². The van der Waals surface area contributed by atoms with E-state index < -0.39 is 0 Å². The lowest BCUT2D eigenvalue weighted by Gasteiger charge is -2.25. The lowest BCUT2D eigenvalue weighted by atomic mass is 9.80. The van der Waals surface area contributed by atoms with Gasteiger partial charge in [0.15, 0.2) is 5.82 Å². The van der Waals surface area contributed by atoms with Gasteiger partial charge in [-0.15, -0.1) is 0 Å². The van der Waals surface area contributed by atoms with E-state index in [1.165, 1.54) is 5.56 Å². The van der Waals surface area contributed by atoms with Crippen molar-refractivity contribution in [3.63, 3.8) is 0 Å². The van der Waals surface area contributed by atoms with Crippen LogP contribution in [0.4, 0.5) is 0 Å². The lowest BCUT2D eigenvalue weighted by Crippen LogP contribution is -2.38. The zero-order valence-corrected chi connectivity index (χ0v) is 17.3. The van der Waals surface area contributed by atoms with Crippen LogP contribution in [0.25, 0.3) is 0 Å². The van der Waals surface area contributed by atoms with Crippen LogP contribution in [-0.2, 0) is 12.0 Å². The van der Waals surface area contributed by atoms with Crippen LogP contribution in [0.1, 0.15) is 46.2 Å². The number of hydrogen-bond donors (Lipinski definition) is 1. The molecule has 1 N–H and O–H groups in total. The van der Waals surface area contributed by atoms with Crippen molar-refractivity contribution in [3.05, 3.63) is 71.3 Å². The van der Waals surface area contributed by atoms with Gasteiger partial charge in [-0.2, -0.15) is 4.98 Å². The predicted octanol–water partition coefficient (Wildman–Crippen LogP) is 3.24. The quantitative estimate of drug-likeness (QED) is 0.700. The van der Waals surface area contributed by atoms with Crippen molar-refractivity contribution < 1.29 is 13.7 Å². The number of likely N-dealkylation sites (tertiary alicyclic amines) is 1. The summed E-state index contributed by atoms with van der Waals surface area (Å²) in [7, 11) is 0. The SMILES string of the molecule is Cc1noc(C23CC(NC(=O)c4ccoc4C)CC2CN(Cc2ccccc2)C3)n1. The Morgan fingerprint density at radius 2 is 2.10 bits per heavy atom. The zero-order chi connectivity index (χ0) is 20.7. The minimum Gasteiger partial charge on any atom is -0.469 e. The minimum atomic E-state index is -0.223. The molecule has 0 spiro atoms. The Kier molecular flexibility index (Phi) is 4.70. The molecule has 1 amide bonds. The van der Waals surface area contributed by atoms with E-state index in [1.807, 2.05) is 19.9 Å². The second-order valence-corrected chi connectivity index (χ2v) is 8.66.